The van der Waals surface area contributed by atoms with E-state index in [0.29, 0.717) is 12.5 Å². The van der Waals surface area contributed by atoms with E-state index in [-0.39, 0.29) is 35.0 Å². The van der Waals surface area contributed by atoms with Gasteiger partial charge in [0.25, 0.3) is 0 Å². The van der Waals surface area contributed by atoms with Crippen LogP contribution < -0.4 is 10.6 Å². The summed E-state index contributed by atoms with van der Waals surface area (Å²) in [6, 6.07) is 9.24. The molecule has 1 atom stereocenters. The molecule has 1 aliphatic heterocycles. The predicted octanol–water partition coefficient (Wildman–Crippen LogP) is 3.90. The molecule has 0 radical (unpaired) electrons. The van der Waals surface area contributed by atoms with E-state index in [1.165, 1.54) is 10.9 Å². The Morgan fingerprint density at radius 2 is 2.11 bits per heavy atom. The second-order valence-corrected chi connectivity index (χ2v) is 7.62. The third-order valence-electron chi connectivity index (χ3n) is 4.49. The van der Waals surface area contributed by atoms with Gasteiger partial charge in [0.2, 0.25) is 0 Å². The van der Waals surface area contributed by atoms with Crippen LogP contribution in [0, 0.1) is 5.82 Å². The minimum absolute atomic E-state index is 0. The van der Waals surface area contributed by atoms with Crippen molar-refractivity contribution in [1.29, 1.82) is 0 Å². The Kier molecular flexibility index (Phi) is 9.93. The summed E-state index contributed by atoms with van der Waals surface area (Å²) >= 11 is 7.61. The lowest BCUT2D eigenvalue weighted by atomic mass is 10.2. The van der Waals surface area contributed by atoms with E-state index in [4.69, 9.17) is 16.3 Å². The minimum Gasteiger partial charge on any atom is -0.379 e. The molecule has 1 aliphatic rings. The Balaban J connectivity index is 0.00000280. The van der Waals surface area contributed by atoms with Crippen LogP contribution in [0.25, 0.3) is 0 Å². The SMILES string of the molecule is CN=C(NCc1ccc(F)c(Cl)c1)NCC(c1cccs1)N1CCOCC1.I. The van der Waals surface area contributed by atoms with Gasteiger partial charge in [0.1, 0.15) is 5.82 Å². The molecule has 5 nitrogen and oxygen atoms in total. The number of ether oxygens (including phenoxy) is 1. The molecule has 0 amide bonds. The van der Waals surface area contributed by atoms with Crippen molar-refractivity contribution in [3.8, 4) is 0 Å². The van der Waals surface area contributed by atoms with E-state index in [2.05, 4.69) is 38.0 Å². The van der Waals surface area contributed by atoms with Crippen LogP contribution in [-0.4, -0.2) is 50.8 Å². The number of nitrogens with one attached hydrogen (secondary N) is 2. The summed E-state index contributed by atoms with van der Waals surface area (Å²) in [5.41, 5.74) is 0.896. The second-order valence-electron chi connectivity index (χ2n) is 6.23. The van der Waals surface area contributed by atoms with Crippen LogP contribution in [0.3, 0.4) is 0 Å². The maximum Gasteiger partial charge on any atom is 0.191 e. The third-order valence-corrected chi connectivity index (χ3v) is 5.75. The molecule has 9 heteroatoms. The molecule has 154 valence electrons. The van der Waals surface area contributed by atoms with Gasteiger partial charge in [-0.1, -0.05) is 23.7 Å². The Hall–Kier alpha value is -0.940. The first kappa shape index (κ1) is 23.3. The molecule has 1 aromatic heterocycles. The van der Waals surface area contributed by atoms with E-state index in [9.17, 15) is 4.39 Å². The Labute approximate surface area is 191 Å². The molecule has 28 heavy (non-hydrogen) atoms. The van der Waals surface area contributed by atoms with Gasteiger partial charge >= 0.3 is 0 Å². The summed E-state index contributed by atoms with van der Waals surface area (Å²) in [4.78, 5) is 8.05. The highest BCUT2D eigenvalue weighted by Crippen LogP contribution is 2.25. The lowest BCUT2D eigenvalue weighted by Gasteiger charge is -2.34. The number of rotatable bonds is 6. The van der Waals surface area contributed by atoms with Crippen LogP contribution in [0.2, 0.25) is 5.02 Å². The molecule has 0 aliphatic carbocycles. The van der Waals surface area contributed by atoms with E-state index < -0.39 is 5.82 Å². The molecule has 0 spiro atoms. The highest BCUT2D eigenvalue weighted by Gasteiger charge is 2.23. The van der Waals surface area contributed by atoms with Crippen LogP contribution in [0.4, 0.5) is 4.39 Å². The smallest absolute Gasteiger partial charge is 0.191 e. The van der Waals surface area contributed by atoms with Gasteiger partial charge in [-0.3, -0.25) is 9.89 Å². The molecule has 1 saturated heterocycles. The summed E-state index contributed by atoms with van der Waals surface area (Å²) in [7, 11) is 1.74. The van der Waals surface area contributed by atoms with Crippen molar-refractivity contribution >= 4 is 52.9 Å². The molecule has 0 bridgehead atoms. The molecule has 1 fully saturated rings. The average Bonchev–Trinajstić information content (AvgIpc) is 3.22. The predicted molar refractivity (Wildman–Crippen MR) is 124 cm³/mol. The van der Waals surface area contributed by atoms with Crippen LogP contribution in [-0.2, 0) is 11.3 Å². The summed E-state index contributed by atoms with van der Waals surface area (Å²) in [5, 5.41) is 8.89. The zero-order valence-electron chi connectivity index (χ0n) is 15.7. The zero-order chi connectivity index (χ0) is 19.1. The summed E-state index contributed by atoms with van der Waals surface area (Å²) < 4.78 is 18.8. The van der Waals surface area contributed by atoms with Gasteiger partial charge in [0, 0.05) is 38.1 Å². The molecule has 2 N–H and O–H groups in total. The topological polar surface area (TPSA) is 48.9 Å². The second kappa shape index (κ2) is 11.9. The standard InChI is InChI=1S/C19H24ClFN4OS.HI/c1-22-19(23-12-14-4-5-16(21)15(20)11-14)24-13-17(18-3-2-10-27-18)25-6-8-26-9-7-25;/h2-5,10-11,17H,6-9,12-13H2,1H3,(H2,22,23,24);1H. The molecule has 2 aromatic rings. The lowest BCUT2D eigenvalue weighted by Crippen LogP contribution is -2.46. The Morgan fingerprint density at radius 3 is 2.75 bits per heavy atom. The Bertz CT molecular complexity index is 756. The fourth-order valence-corrected chi connectivity index (χ4v) is 4.09. The van der Waals surface area contributed by atoms with Crippen molar-refractivity contribution in [2.24, 2.45) is 4.99 Å². The van der Waals surface area contributed by atoms with Gasteiger partial charge in [0.15, 0.2) is 5.96 Å². The highest BCUT2D eigenvalue weighted by molar-refractivity contribution is 14.0. The number of morpholine rings is 1. The van der Waals surface area contributed by atoms with Gasteiger partial charge in [-0.25, -0.2) is 4.39 Å². The fourth-order valence-electron chi connectivity index (χ4n) is 3.03. The van der Waals surface area contributed by atoms with Crippen molar-refractivity contribution in [2.75, 3.05) is 39.9 Å². The summed E-state index contributed by atoms with van der Waals surface area (Å²) in [6.07, 6.45) is 0. The van der Waals surface area contributed by atoms with E-state index in [1.54, 1.807) is 30.5 Å². The van der Waals surface area contributed by atoms with E-state index in [1.807, 2.05) is 0 Å². The van der Waals surface area contributed by atoms with Gasteiger partial charge < -0.3 is 15.4 Å². The van der Waals surface area contributed by atoms with Crippen LogP contribution in [0.1, 0.15) is 16.5 Å². The molecule has 1 aromatic carbocycles. The molecular weight excluding hydrogens is 514 g/mol. The maximum absolute atomic E-state index is 13.3. The number of benzene rings is 1. The number of hydrogen-bond donors (Lipinski definition) is 2. The number of aliphatic imine (C=N–C) groups is 1. The number of halogens is 3. The summed E-state index contributed by atoms with van der Waals surface area (Å²) in [6.45, 7) is 4.63. The molecule has 1 unspecified atom stereocenters. The van der Waals surface area contributed by atoms with E-state index in [0.717, 1.165) is 38.4 Å². The van der Waals surface area contributed by atoms with E-state index >= 15 is 0 Å². The van der Waals surface area contributed by atoms with Crippen molar-refractivity contribution < 1.29 is 9.13 Å². The van der Waals surface area contributed by atoms with Gasteiger partial charge in [-0.05, 0) is 29.1 Å². The summed E-state index contributed by atoms with van der Waals surface area (Å²) in [5.74, 6) is 0.289. The first-order valence-electron chi connectivity index (χ1n) is 8.91. The molecule has 0 saturated carbocycles. The largest absolute Gasteiger partial charge is 0.379 e. The molecule has 2 heterocycles. The average molecular weight is 539 g/mol. The van der Waals surface area contributed by atoms with Crippen molar-refractivity contribution in [1.82, 2.24) is 15.5 Å². The number of nitrogens with zero attached hydrogens (tertiary/aromatic N) is 2. The zero-order valence-corrected chi connectivity index (χ0v) is 19.6. The lowest BCUT2D eigenvalue weighted by molar-refractivity contribution is 0.0177. The highest BCUT2D eigenvalue weighted by atomic mass is 127. The maximum atomic E-state index is 13.3. The molecule has 3 rings (SSSR count). The van der Waals surface area contributed by atoms with Crippen LogP contribution >= 0.6 is 46.9 Å². The van der Waals surface area contributed by atoms with Crippen molar-refractivity contribution in [3.63, 3.8) is 0 Å². The normalized spacial score (nSPS) is 16.3. The third kappa shape index (κ3) is 6.55. The van der Waals surface area contributed by atoms with Crippen LogP contribution in [0.15, 0.2) is 40.7 Å². The number of thiophene rings is 1. The van der Waals surface area contributed by atoms with Crippen molar-refractivity contribution in [2.45, 2.75) is 12.6 Å². The Morgan fingerprint density at radius 1 is 1.32 bits per heavy atom. The number of guanidine groups is 1. The minimum atomic E-state index is -0.410. The quantitative estimate of drug-likeness (QED) is 0.333. The monoisotopic (exact) mass is 538 g/mol. The van der Waals surface area contributed by atoms with Gasteiger partial charge in [-0.15, -0.1) is 35.3 Å². The molecular formula is C19H25ClFIN4OS. The fraction of sp³-hybridized carbons (Fsp3) is 0.421. The van der Waals surface area contributed by atoms with Gasteiger partial charge in [0.05, 0.1) is 24.3 Å². The van der Waals surface area contributed by atoms with Crippen LogP contribution in [0.5, 0.6) is 0 Å². The number of hydrogen-bond acceptors (Lipinski definition) is 4. The first-order valence-corrected chi connectivity index (χ1v) is 10.2. The van der Waals surface area contributed by atoms with Gasteiger partial charge in [-0.2, -0.15) is 0 Å². The van der Waals surface area contributed by atoms with Crippen molar-refractivity contribution in [3.05, 3.63) is 57.0 Å². The first-order chi connectivity index (χ1) is 13.2.